The number of nitrogens with zero attached hydrogens (tertiary/aromatic N) is 1. The van der Waals surface area contributed by atoms with Crippen molar-refractivity contribution < 1.29 is 33.8 Å². The fourth-order valence-corrected chi connectivity index (χ4v) is 5.81. The third-order valence-corrected chi connectivity index (χ3v) is 7.64. The lowest BCUT2D eigenvalue weighted by Crippen LogP contribution is -2.56. The van der Waals surface area contributed by atoms with Crippen LogP contribution in [0.3, 0.4) is 0 Å². The number of benzene rings is 2. The number of rotatable bonds is 9. The molecule has 0 radical (unpaired) electrons. The highest BCUT2D eigenvalue weighted by Gasteiger charge is 2.68. The molecule has 4 rings (SSSR count). The maximum atomic E-state index is 13.9. The van der Waals surface area contributed by atoms with Crippen LogP contribution in [0.15, 0.2) is 46.9 Å². The third-order valence-electron chi connectivity index (χ3n) is 7.14. The number of methoxy groups -OCH3 is 1. The van der Waals surface area contributed by atoms with Crippen LogP contribution in [0.1, 0.15) is 41.7 Å². The number of imide groups is 1. The van der Waals surface area contributed by atoms with Gasteiger partial charge in [0.2, 0.25) is 11.8 Å². The lowest BCUT2D eigenvalue weighted by Gasteiger charge is -2.31. The Bertz CT molecular complexity index is 1320. The fourth-order valence-electron chi connectivity index (χ4n) is 5.43. The molecule has 2 saturated heterocycles. The lowest BCUT2D eigenvalue weighted by atomic mass is 9.77. The van der Waals surface area contributed by atoms with Gasteiger partial charge in [-0.2, -0.15) is 0 Å². The second kappa shape index (κ2) is 10.5. The van der Waals surface area contributed by atoms with Crippen LogP contribution in [0.5, 0.6) is 5.75 Å². The van der Waals surface area contributed by atoms with Crippen molar-refractivity contribution in [1.29, 1.82) is 0 Å². The number of anilines is 1. The van der Waals surface area contributed by atoms with E-state index in [1.165, 1.54) is 38.3 Å². The van der Waals surface area contributed by atoms with Gasteiger partial charge in [0.1, 0.15) is 11.3 Å². The first-order valence-corrected chi connectivity index (χ1v) is 12.7. The number of fused-ring (bicyclic) bond motifs is 1. The molecule has 0 spiro atoms. The first kappa shape index (κ1) is 27.3. The van der Waals surface area contributed by atoms with Crippen LogP contribution in [0.2, 0.25) is 0 Å². The van der Waals surface area contributed by atoms with E-state index >= 15 is 0 Å². The molecule has 4 unspecified atom stereocenters. The van der Waals surface area contributed by atoms with Gasteiger partial charge in [-0.1, -0.05) is 15.9 Å². The van der Waals surface area contributed by atoms with Gasteiger partial charge in [0.25, 0.3) is 0 Å². The van der Waals surface area contributed by atoms with E-state index in [0.717, 1.165) is 4.90 Å². The third kappa shape index (κ3) is 4.65. The Morgan fingerprint density at radius 2 is 1.84 bits per heavy atom. The molecule has 2 heterocycles. The number of amides is 4. The van der Waals surface area contributed by atoms with E-state index in [1.54, 1.807) is 18.2 Å². The zero-order valence-electron chi connectivity index (χ0n) is 20.7. The number of ketones is 1. The van der Waals surface area contributed by atoms with E-state index in [2.05, 4.69) is 26.6 Å². The number of hydrogen-bond donors (Lipinski definition) is 4. The molecule has 4 amide bonds. The van der Waals surface area contributed by atoms with E-state index in [4.69, 9.17) is 10.5 Å². The largest absolute Gasteiger partial charge is 0.496 e. The molecule has 0 aliphatic carbocycles. The van der Waals surface area contributed by atoms with Gasteiger partial charge < -0.3 is 20.9 Å². The van der Waals surface area contributed by atoms with E-state index in [1.807, 2.05) is 0 Å². The minimum absolute atomic E-state index is 0.0628. The van der Waals surface area contributed by atoms with Gasteiger partial charge >= 0.3 is 12.0 Å². The van der Waals surface area contributed by atoms with Crippen LogP contribution in [-0.4, -0.2) is 53.9 Å². The number of carboxylic acid groups (broad SMARTS) is 1. The average molecular weight is 587 g/mol. The highest BCUT2D eigenvalue weighted by atomic mass is 79.9. The van der Waals surface area contributed by atoms with Crippen molar-refractivity contribution in [2.45, 2.75) is 31.3 Å². The number of Topliss-reactive ketones (excluding diaryl/α,β-unsaturated/α-hetero) is 1. The van der Waals surface area contributed by atoms with Crippen molar-refractivity contribution >= 4 is 51.2 Å². The molecule has 11 nitrogen and oxygen atoms in total. The number of nitrogens with one attached hydrogen (secondary N) is 2. The summed E-state index contributed by atoms with van der Waals surface area (Å²) < 4.78 is 6.19. The number of halogens is 1. The molecular formula is C26H27BrN4O7. The molecule has 2 aromatic rings. The van der Waals surface area contributed by atoms with Crippen LogP contribution >= 0.6 is 15.9 Å². The van der Waals surface area contributed by atoms with Crippen molar-refractivity contribution in [2.24, 2.45) is 17.6 Å². The topological polar surface area (TPSA) is 168 Å². The second-order valence-electron chi connectivity index (χ2n) is 9.30. The summed E-state index contributed by atoms with van der Waals surface area (Å²) >= 11 is 3.42. The van der Waals surface area contributed by atoms with Crippen LogP contribution in [-0.2, 0) is 14.4 Å². The summed E-state index contributed by atoms with van der Waals surface area (Å²) in [7, 11) is 1.46. The number of urea groups is 1. The molecule has 0 bridgehead atoms. The molecule has 2 aliphatic rings. The molecule has 2 aromatic carbocycles. The molecule has 0 aromatic heterocycles. The Morgan fingerprint density at radius 1 is 1.16 bits per heavy atom. The molecule has 38 heavy (non-hydrogen) atoms. The lowest BCUT2D eigenvalue weighted by molar-refractivity contribution is -0.149. The van der Waals surface area contributed by atoms with Gasteiger partial charge in [-0.05, 0) is 62.2 Å². The van der Waals surface area contributed by atoms with Crippen molar-refractivity contribution in [3.05, 3.63) is 58.1 Å². The van der Waals surface area contributed by atoms with Crippen LogP contribution < -0.4 is 26.0 Å². The van der Waals surface area contributed by atoms with E-state index in [0.29, 0.717) is 21.3 Å². The average Bonchev–Trinajstić information content (AvgIpc) is 3.35. The summed E-state index contributed by atoms with van der Waals surface area (Å²) in [6.07, 6.45) is 0.120. The normalized spacial score (nSPS) is 24.3. The summed E-state index contributed by atoms with van der Waals surface area (Å²) in [5.74, 6) is -4.57. The van der Waals surface area contributed by atoms with Crippen LogP contribution in [0, 0.1) is 11.8 Å². The zero-order chi connectivity index (χ0) is 27.8. The second-order valence-corrected chi connectivity index (χ2v) is 10.2. The number of aliphatic carboxylic acids is 1. The fraction of sp³-hybridized carbons (Fsp3) is 0.346. The highest BCUT2D eigenvalue weighted by molar-refractivity contribution is 9.10. The Hall–Kier alpha value is -3.77. The minimum Gasteiger partial charge on any atom is -0.496 e. The van der Waals surface area contributed by atoms with Crippen molar-refractivity contribution in [1.82, 2.24) is 10.6 Å². The zero-order valence-corrected chi connectivity index (χ0v) is 22.3. The summed E-state index contributed by atoms with van der Waals surface area (Å²) in [6.45, 7) is 1.49. The van der Waals surface area contributed by atoms with Crippen LogP contribution in [0.4, 0.5) is 10.5 Å². The summed E-state index contributed by atoms with van der Waals surface area (Å²) in [5, 5.41) is 16.0. The number of carbonyl (C=O) groups is 5. The summed E-state index contributed by atoms with van der Waals surface area (Å²) in [5.41, 5.74) is 4.49. The van der Waals surface area contributed by atoms with E-state index in [-0.39, 0.29) is 30.9 Å². The Morgan fingerprint density at radius 3 is 2.42 bits per heavy atom. The molecule has 200 valence electrons. The van der Waals surface area contributed by atoms with Crippen molar-refractivity contribution in [3.63, 3.8) is 0 Å². The molecule has 2 aliphatic heterocycles. The monoisotopic (exact) mass is 586 g/mol. The number of hydrogen-bond acceptors (Lipinski definition) is 7. The molecule has 2 fully saturated rings. The first-order valence-electron chi connectivity index (χ1n) is 11.9. The minimum atomic E-state index is -1.82. The maximum absolute atomic E-state index is 13.9. The van der Waals surface area contributed by atoms with Crippen LogP contribution in [0.25, 0.3) is 0 Å². The predicted octanol–water partition coefficient (Wildman–Crippen LogP) is 2.38. The predicted molar refractivity (Wildman–Crippen MR) is 140 cm³/mol. The number of nitrogens with two attached hydrogens (primary N) is 1. The maximum Gasteiger partial charge on any atom is 0.324 e. The van der Waals surface area contributed by atoms with E-state index in [9.17, 15) is 29.1 Å². The smallest absolute Gasteiger partial charge is 0.324 e. The SMILES string of the molecule is COc1ccc(Br)cc1C1NC(CCCNC(N)=O)(C(=O)O)C2C(=O)N(c3ccc(C(C)=O)cc3)C(=O)C12. The Balaban J connectivity index is 1.82. The van der Waals surface area contributed by atoms with E-state index < -0.39 is 47.2 Å². The van der Waals surface area contributed by atoms with Gasteiger partial charge in [0.15, 0.2) is 5.78 Å². The number of primary amides is 1. The highest BCUT2D eigenvalue weighted by Crippen LogP contribution is 2.52. The number of carbonyl (C=O) groups excluding carboxylic acids is 4. The van der Waals surface area contributed by atoms with Crippen molar-refractivity contribution in [2.75, 3.05) is 18.6 Å². The number of ether oxygens (including phenoxy) is 1. The standard InChI is InChI=1S/C26H27BrN4O7/c1-13(32)14-4-7-16(8-5-14)31-22(33)19-20(23(31)34)26(24(35)36,10-3-11-29-25(28)37)30-21(19)17-12-15(27)6-9-18(17)38-2/h4-9,12,19-21,30H,3,10-11H2,1-2H3,(H,35,36)(H3,28,29,37). The first-order chi connectivity index (χ1) is 18.0. The molecule has 4 atom stereocenters. The quantitative estimate of drug-likeness (QED) is 0.197. The van der Waals surface area contributed by atoms with Gasteiger partial charge in [-0.25, -0.2) is 9.69 Å². The summed E-state index contributed by atoms with van der Waals surface area (Å²) in [4.78, 5) is 64.5. The molecule has 5 N–H and O–H groups in total. The number of carboxylic acids is 1. The molecular weight excluding hydrogens is 560 g/mol. The van der Waals surface area contributed by atoms with Gasteiger partial charge in [0.05, 0.1) is 24.6 Å². The summed E-state index contributed by atoms with van der Waals surface area (Å²) in [6, 6.07) is 9.55. The van der Waals surface area contributed by atoms with Gasteiger partial charge in [-0.15, -0.1) is 0 Å². The Kier molecular flexibility index (Phi) is 7.56. The van der Waals surface area contributed by atoms with Gasteiger partial charge in [0, 0.05) is 28.2 Å². The van der Waals surface area contributed by atoms with Crippen molar-refractivity contribution in [3.8, 4) is 5.75 Å². The molecule has 0 saturated carbocycles. The van der Waals surface area contributed by atoms with Gasteiger partial charge in [-0.3, -0.25) is 24.5 Å². The Labute approximate surface area is 226 Å². The molecule has 12 heteroatoms.